The van der Waals surface area contributed by atoms with Gasteiger partial charge < -0.3 is 5.32 Å². The fourth-order valence-corrected chi connectivity index (χ4v) is 2.49. The van der Waals surface area contributed by atoms with Crippen LogP contribution in [0.4, 0.5) is 0 Å². The Kier molecular flexibility index (Phi) is 3.25. The molecule has 0 bridgehead atoms. The minimum Gasteiger partial charge on any atom is -0.315 e. The lowest BCUT2D eigenvalue weighted by Gasteiger charge is -2.34. The summed E-state index contributed by atoms with van der Waals surface area (Å²) in [5.41, 5.74) is 0. The van der Waals surface area contributed by atoms with Gasteiger partial charge in [0.2, 0.25) is 11.8 Å². The molecule has 2 fully saturated rings. The van der Waals surface area contributed by atoms with E-state index in [-0.39, 0.29) is 17.9 Å². The van der Waals surface area contributed by atoms with Crippen molar-refractivity contribution in [2.75, 3.05) is 27.2 Å². The Morgan fingerprint density at radius 3 is 2.69 bits per heavy atom. The first kappa shape index (κ1) is 11.5. The molecule has 2 aliphatic rings. The number of piperidine rings is 1. The van der Waals surface area contributed by atoms with Gasteiger partial charge in [0, 0.05) is 19.6 Å². The van der Waals surface area contributed by atoms with E-state index in [1.165, 1.54) is 4.90 Å². The van der Waals surface area contributed by atoms with Gasteiger partial charge in [-0.2, -0.15) is 0 Å². The van der Waals surface area contributed by atoms with E-state index >= 15 is 0 Å². The maximum absolute atomic E-state index is 11.8. The fraction of sp³-hybridized carbons (Fsp3) is 0.818. The Labute approximate surface area is 95.8 Å². The molecule has 5 heteroatoms. The van der Waals surface area contributed by atoms with Crippen molar-refractivity contribution in [1.29, 1.82) is 0 Å². The maximum Gasteiger partial charge on any atom is 0.246 e. The lowest BCUT2D eigenvalue weighted by atomic mass is 10.0. The molecule has 2 rings (SSSR count). The van der Waals surface area contributed by atoms with Crippen LogP contribution in [0.3, 0.4) is 0 Å². The number of hydrogen-bond donors (Lipinski definition) is 1. The maximum atomic E-state index is 11.8. The molecule has 2 saturated heterocycles. The van der Waals surface area contributed by atoms with Crippen LogP contribution >= 0.6 is 0 Å². The molecule has 0 aromatic carbocycles. The first-order valence-electron chi connectivity index (χ1n) is 5.84. The second kappa shape index (κ2) is 4.51. The number of imide groups is 1. The SMILES string of the molecule is CN1C(=O)CC(N(C)C2CCCNC2)C1=O. The van der Waals surface area contributed by atoms with E-state index < -0.39 is 0 Å². The number of rotatable bonds is 2. The molecule has 2 unspecified atom stereocenters. The third-order valence-corrected chi connectivity index (χ3v) is 3.70. The van der Waals surface area contributed by atoms with Gasteiger partial charge in [-0.1, -0.05) is 0 Å². The normalized spacial score (nSPS) is 31.6. The quantitative estimate of drug-likeness (QED) is 0.639. The van der Waals surface area contributed by atoms with Crippen molar-refractivity contribution in [3.63, 3.8) is 0 Å². The van der Waals surface area contributed by atoms with E-state index in [1.807, 2.05) is 7.05 Å². The highest BCUT2D eigenvalue weighted by Crippen LogP contribution is 2.20. The molecule has 2 atom stereocenters. The van der Waals surface area contributed by atoms with Crippen LogP contribution in [0.25, 0.3) is 0 Å². The Morgan fingerprint density at radius 2 is 2.19 bits per heavy atom. The minimum absolute atomic E-state index is 0.0573. The summed E-state index contributed by atoms with van der Waals surface area (Å²) >= 11 is 0. The summed E-state index contributed by atoms with van der Waals surface area (Å²) in [6, 6.07) is 0.129. The summed E-state index contributed by atoms with van der Waals surface area (Å²) in [7, 11) is 3.52. The highest BCUT2D eigenvalue weighted by molar-refractivity contribution is 6.05. The average Bonchev–Trinajstić information content (AvgIpc) is 2.57. The van der Waals surface area contributed by atoms with Crippen molar-refractivity contribution in [2.24, 2.45) is 0 Å². The molecule has 1 N–H and O–H groups in total. The molecule has 2 heterocycles. The molecule has 2 aliphatic heterocycles. The molecule has 0 radical (unpaired) electrons. The monoisotopic (exact) mass is 225 g/mol. The van der Waals surface area contributed by atoms with Crippen LogP contribution in [0.5, 0.6) is 0 Å². The number of carbonyl (C=O) groups excluding carboxylic acids is 2. The minimum atomic E-state index is -0.248. The number of likely N-dealkylation sites (tertiary alicyclic amines) is 1. The molecule has 0 aliphatic carbocycles. The van der Waals surface area contributed by atoms with Crippen LogP contribution in [0, 0.1) is 0 Å². The zero-order chi connectivity index (χ0) is 11.7. The van der Waals surface area contributed by atoms with Crippen molar-refractivity contribution in [3.8, 4) is 0 Å². The Bertz CT molecular complexity index is 300. The molecule has 0 aromatic rings. The van der Waals surface area contributed by atoms with Crippen LogP contribution in [0.1, 0.15) is 19.3 Å². The Balaban J connectivity index is 2.01. The van der Waals surface area contributed by atoms with Crippen LogP contribution in [-0.2, 0) is 9.59 Å². The van der Waals surface area contributed by atoms with Crippen molar-refractivity contribution < 1.29 is 9.59 Å². The lowest BCUT2D eigenvalue weighted by Crippen LogP contribution is -2.50. The Hall–Kier alpha value is -0.940. The smallest absolute Gasteiger partial charge is 0.246 e. The van der Waals surface area contributed by atoms with Gasteiger partial charge in [0.05, 0.1) is 12.5 Å². The third kappa shape index (κ3) is 1.97. The number of carbonyl (C=O) groups is 2. The van der Waals surface area contributed by atoms with E-state index in [1.54, 1.807) is 7.05 Å². The van der Waals surface area contributed by atoms with Crippen molar-refractivity contribution in [1.82, 2.24) is 15.1 Å². The van der Waals surface area contributed by atoms with Crippen LogP contribution < -0.4 is 5.32 Å². The van der Waals surface area contributed by atoms with Gasteiger partial charge in [0.15, 0.2) is 0 Å². The van der Waals surface area contributed by atoms with E-state index in [9.17, 15) is 9.59 Å². The van der Waals surface area contributed by atoms with E-state index in [4.69, 9.17) is 0 Å². The molecule has 16 heavy (non-hydrogen) atoms. The predicted octanol–water partition coefficient (Wildman–Crippen LogP) is -0.572. The molecule has 2 amide bonds. The summed E-state index contributed by atoms with van der Waals surface area (Å²) < 4.78 is 0. The van der Waals surface area contributed by atoms with Crippen molar-refractivity contribution >= 4 is 11.8 Å². The zero-order valence-corrected chi connectivity index (χ0v) is 9.90. The van der Waals surface area contributed by atoms with Crippen LogP contribution in [0.2, 0.25) is 0 Å². The van der Waals surface area contributed by atoms with E-state index in [0.717, 1.165) is 25.9 Å². The molecule has 90 valence electrons. The molecular formula is C11H19N3O2. The summed E-state index contributed by atoms with van der Waals surface area (Å²) in [5.74, 6) is -0.122. The Morgan fingerprint density at radius 1 is 1.44 bits per heavy atom. The van der Waals surface area contributed by atoms with E-state index in [0.29, 0.717) is 12.5 Å². The van der Waals surface area contributed by atoms with Gasteiger partial charge in [-0.15, -0.1) is 0 Å². The van der Waals surface area contributed by atoms with Gasteiger partial charge in [-0.25, -0.2) is 0 Å². The molecule has 0 spiro atoms. The third-order valence-electron chi connectivity index (χ3n) is 3.70. The molecule has 0 aromatic heterocycles. The van der Waals surface area contributed by atoms with Gasteiger partial charge in [-0.3, -0.25) is 19.4 Å². The molecular weight excluding hydrogens is 206 g/mol. The molecule has 5 nitrogen and oxygen atoms in total. The number of hydrogen-bond acceptors (Lipinski definition) is 4. The van der Waals surface area contributed by atoms with Crippen LogP contribution in [-0.4, -0.2) is 60.9 Å². The second-order valence-corrected chi connectivity index (χ2v) is 4.68. The number of nitrogens with one attached hydrogen (secondary N) is 1. The fourth-order valence-electron chi connectivity index (χ4n) is 2.49. The van der Waals surface area contributed by atoms with E-state index in [2.05, 4.69) is 10.2 Å². The summed E-state index contributed by atoms with van der Waals surface area (Å²) in [6.45, 7) is 1.97. The zero-order valence-electron chi connectivity index (χ0n) is 9.90. The topological polar surface area (TPSA) is 52.7 Å². The predicted molar refractivity (Wildman–Crippen MR) is 59.8 cm³/mol. The average molecular weight is 225 g/mol. The van der Waals surface area contributed by atoms with Gasteiger partial charge in [-0.05, 0) is 26.4 Å². The summed E-state index contributed by atoms with van der Waals surface area (Å²) in [4.78, 5) is 26.6. The largest absolute Gasteiger partial charge is 0.315 e. The van der Waals surface area contributed by atoms with Gasteiger partial charge in [0.25, 0.3) is 0 Å². The van der Waals surface area contributed by atoms with Crippen molar-refractivity contribution in [2.45, 2.75) is 31.3 Å². The van der Waals surface area contributed by atoms with Crippen LogP contribution in [0.15, 0.2) is 0 Å². The van der Waals surface area contributed by atoms with Gasteiger partial charge in [0.1, 0.15) is 0 Å². The first-order chi connectivity index (χ1) is 7.61. The summed E-state index contributed by atoms with van der Waals surface area (Å²) in [6.07, 6.45) is 2.58. The van der Waals surface area contributed by atoms with Gasteiger partial charge >= 0.3 is 0 Å². The standard InChI is InChI=1S/C11H19N3O2/c1-13(8-4-3-5-12-7-8)9-6-10(15)14(2)11(9)16/h8-9,12H,3-7H2,1-2H3. The molecule has 0 saturated carbocycles. The lowest BCUT2D eigenvalue weighted by molar-refractivity contribution is -0.138. The first-order valence-corrected chi connectivity index (χ1v) is 5.84. The number of amides is 2. The second-order valence-electron chi connectivity index (χ2n) is 4.68. The highest BCUT2D eigenvalue weighted by Gasteiger charge is 2.40. The summed E-state index contributed by atoms with van der Waals surface area (Å²) in [5, 5.41) is 3.32. The number of nitrogens with zero attached hydrogens (tertiary/aromatic N) is 2. The highest BCUT2D eigenvalue weighted by atomic mass is 16.2. The number of likely N-dealkylation sites (N-methyl/N-ethyl adjacent to an activating group) is 2. The van der Waals surface area contributed by atoms with Crippen molar-refractivity contribution in [3.05, 3.63) is 0 Å².